The van der Waals surface area contributed by atoms with Gasteiger partial charge in [0, 0.05) is 56.1 Å². The summed E-state index contributed by atoms with van der Waals surface area (Å²) in [5.41, 5.74) is 1.84. The van der Waals surface area contributed by atoms with Crippen LogP contribution in [-0.4, -0.2) is 63.7 Å². The van der Waals surface area contributed by atoms with Crippen molar-refractivity contribution < 1.29 is 9.90 Å². The van der Waals surface area contributed by atoms with E-state index in [1.165, 1.54) is 0 Å². The number of hydrogen-bond acceptors (Lipinski definition) is 6. The molecule has 0 aliphatic carbocycles. The van der Waals surface area contributed by atoms with Crippen LogP contribution < -0.4 is 4.90 Å². The van der Waals surface area contributed by atoms with Crippen molar-refractivity contribution in [2.75, 3.05) is 37.6 Å². The summed E-state index contributed by atoms with van der Waals surface area (Å²) in [4.78, 5) is 28.6. The van der Waals surface area contributed by atoms with Crippen molar-refractivity contribution in [2.24, 2.45) is 0 Å². The fourth-order valence-electron chi connectivity index (χ4n) is 2.86. The Bertz CT molecular complexity index is 728. The molecule has 3 heterocycles. The number of aliphatic carboxylic acids is 1. The van der Waals surface area contributed by atoms with Crippen LogP contribution in [0.25, 0.3) is 11.3 Å². The highest BCUT2D eigenvalue weighted by Gasteiger charge is 2.21. The lowest BCUT2D eigenvalue weighted by Gasteiger charge is -2.34. The van der Waals surface area contributed by atoms with Crippen LogP contribution in [0.1, 0.15) is 25.6 Å². The predicted molar refractivity (Wildman–Crippen MR) is 95.6 cm³/mol. The summed E-state index contributed by atoms with van der Waals surface area (Å²) < 4.78 is 0. The van der Waals surface area contributed by atoms with E-state index >= 15 is 0 Å². The summed E-state index contributed by atoms with van der Waals surface area (Å²) in [7, 11) is 0. The second-order valence-electron chi connectivity index (χ2n) is 6.52. The minimum absolute atomic E-state index is 0.0930. The number of rotatable bonds is 5. The van der Waals surface area contributed by atoms with Crippen LogP contribution in [0.15, 0.2) is 30.6 Å². The van der Waals surface area contributed by atoms with E-state index in [0.717, 1.165) is 49.1 Å². The highest BCUT2D eigenvalue weighted by Crippen LogP contribution is 2.24. The van der Waals surface area contributed by atoms with Gasteiger partial charge in [0.15, 0.2) is 0 Å². The Balaban J connectivity index is 1.84. The number of carbonyl (C=O) groups is 1. The molecule has 0 aromatic carbocycles. The molecule has 0 bridgehead atoms. The zero-order valence-electron chi connectivity index (χ0n) is 14.6. The molecule has 0 saturated carbocycles. The molecular weight excluding hydrogens is 318 g/mol. The number of carboxylic acid groups (broad SMARTS) is 1. The monoisotopic (exact) mass is 341 g/mol. The SMILES string of the molecule is CC(C)c1nc(-c2cccnc2)cc(N2CCN(CC(=O)O)CC2)n1. The zero-order chi connectivity index (χ0) is 17.8. The molecule has 1 fully saturated rings. The molecule has 132 valence electrons. The van der Waals surface area contributed by atoms with Crippen LogP contribution in [-0.2, 0) is 4.79 Å². The van der Waals surface area contributed by atoms with E-state index in [9.17, 15) is 4.79 Å². The molecule has 0 radical (unpaired) electrons. The van der Waals surface area contributed by atoms with Gasteiger partial charge in [0.1, 0.15) is 11.6 Å². The minimum Gasteiger partial charge on any atom is -0.480 e. The van der Waals surface area contributed by atoms with Crippen LogP contribution in [0.2, 0.25) is 0 Å². The quantitative estimate of drug-likeness (QED) is 0.889. The maximum Gasteiger partial charge on any atom is 0.317 e. The lowest BCUT2D eigenvalue weighted by Crippen LogP contribution is -2.48. The number of aromatic nitrogens is 3. The van der Waals surface area contributed by atoms with Crippen molar-refractivity contribution in [1.82, 2.24) is 19.9 Å². The van der Waals surface area contributed by atoms with Crippen molar-refractivity contribution in [3.05, 3.63) is 36.4 Å². The van der Waals surface area contributed by atoms with E-state index in [2.05, 4.69) is 28.7 Å². The summed E-state index contributed by atoms with van der Waals surface area (Å²) in [5.74, 6) is 1.15. The Kier molecular flexibility index (Phi) is 5.23. The summed E-state index contributed by atoms with van der Waals surface area (Å²) in [5, 5.41) is 8.93. The second-order valence-corrected chi connectivity index (χ2v) is 6.52. The molecule has 0 spiro atoms. The predicted octanol–water partition coefficient (Wildman–Crippen LogP) is 1.87. The van der Waals surface area contributed by atoms with Crippen molar-refractivity contribution in [2.45, 2.75) is 19.8 Å². The zero-order valence-corrected chi connectivity index (χ0v) is 14.6. The van der Waals surface area contributed by atoms with Gasteiger partial charge in [-0.25, -0.2) is 9.97 Å². The third kappa shape index (κ3) is 4.30. The number of anilines is 1. The third-order valence-corrected chi connectivity index (χ3v) is 4.26. The Labute approximate surface area is 147 Å². The number of pyridine rings is 1. The van der Waals surface area contributed by atoms with Gasteiger partial charge >= 0.3 is 5.97 Å². The topological polar surface area (TPSA) is 82.5 Å². The van der Waals surface area contributed by atoms with Crippen LogP contribution in [0, 0.1) is 0 Å². The van der Waals surface area contributed by atoms with E-state index in [4.69, 9.17) is 10.1 Å². The van der Waals surface area contributed by atoms with Crippen molar-refractivity contribution in [1.29, 1.82) is 0 Å². The van der Waals surface area contributed by atoms with Gasteiger partial charge in [-0.3, -0.25) is 14.7 Å². The molecule has 7 nitrogen and oxygen atoms in total. The molecule has 2 aromatic rings. The van der Waals surface area contributed by atoms with Gasteiger partial charge in [0.2, 0.25) is 0 Å². The molecule has 0 atom stereocenters. The molecule has 3 rings (SSSR count). The molecule has 0 amide bonds. The lowest BCUT2D eigenvalue weighted by molar-refractivity contribution is -0.138. The third-order valence-electron chi connectivity index (χ3n) is 4.26. The standard InChI is InChI=1S/C18H23N5O2/c1-13(2)18-20-15(14-4-3-5-19-11-14)10-16(21-18)23-8-6-22(7-9-23)12-17(24)25/h3-5,10-11,13H,6-9,12H2,1-2H3,(H,24,25). The van der Waals surface area contributed by atoms with Crippen LogP contribution in [0.5, 0.6) is 0 Å². The molecule has 0 unspecified atom stereocenters. The fourth-order valence-corrected chi connectivity index (χ4v) is 2.86. The summed E-state index contributed by atoms with van der Waals surface area (Å²) in [6.07, 6.45) is 3.55. The molecule has 1 aliphatic rings. The van der Waals surface area contributed by atoms with E-state index in [-0.39, 0.29) is 12.5 Å². The number of hydrogen-bond donors (Lipinski definition) is 1. The van der Waals surface area contributed by atoms with Crippen molar-refractivity contribution in [3.8, 4) is 11.3 Å². The van der Waals surface area contributed by atoms with Crippen molar-refractivity contribution >= 4 is 11.8 Å². The van der Waals surface area contributed by atoms with E-state index < -0.39 is 5.97 Å². The number of carboxylic acids is 1. The van der Waals surface area contributed by atoms with Crippen molar-refractivity contribution in [3.63, 3.8) is 0 Å². The lowest BCUT2D eigenvalue weighted by atomic mass is 10.1. The number of piperazine rings is 1. The van der Waals surface area contributed by atoms with Crippen LogP contribution in [0.3, 0.4) is 0 Å². The maximum atomic E-state index is 10.9. The van der Waals surface area contributed by atoms with Gasteiger partial charge in [-0.15, -0.1) is 0 Å². The highest BCUT2D eigenvalue weighted by atomic mass is 16.4. The largest absolute Gasteiger partial charge is 0.480 e. The first-order chi connectivity index (χ1) is 12.0. The summed E-state index contributed by atoms with van der Waals surface area (Å²) in [6, 6.07) is 5.89. The second kappa shape index (κ2) is 7.57. The average molecular weight is 341 g/mol. The summed E-state index contributed by atoms with van der Waals surface area (Å²) in [6.45, 7) is 7.21. The first-order valence-corrected chi connectivity index (χ1v) is 8.51. The first-order valence-electron chi connectivity index (χ1n) is 8.51. The highest BCUT2D eigenvalue weighted by molar-refractivity contribution is 5.69. The first kappa shape index (κ1) is 17.3. The number of nitrogens with zero attached hydrogens (tertiary/aromatic N) is 5. The Morgan fingerprint density at radius 2 is 2.00 bits per heavy atom. The normalized spacial score (nSPS) is 15.6. The van der Waals surface area contributed by atoms with E-state index in [0.29, 0.717) is 0 Å². The average Bonchev–Trinajstić information content (AvgIpc) is 2.62. The maximum absolute atomic E-state index is 10.9. The smallest absolute Gasteiger partial charge is 0.317 e. The van der Waals surface area contributed by atoms with E-state index in [1.807, 2.05) is 23.1 Å². The van der Waals surface area contributed by atoms with Gasteiger partial charge in [-0.1, -0.05) is 13.8 Å². The van der Waals surface area contributed by atoms with Crippen LogP contribution >= 0.6 is 0 Å². The van der Waals surface area contributed by atoms with Gasteiger partial charge in [-0.2, -0.15) is 0 Å². The van der Waals surface area contributed by atoms with Gasteiger partial charge in [-0.05, 0) is 12.1 Å². The Hall–Kier alpha value is -2.54. The molecule has 1 saturated heterocycles. The van der Waals surface area contributed by atoms with Gasteiger partial charge in [0.25, 0.3) is 0 Å². The fraction of sp³-hybridized carbons (Fsp3) is 0.444. The minimum atomic E-state index is -0.781. The van der Waals surface area contributed by atoms with E-state index in [1.54, 1.807) is 12.4 Å². The molecule has 25 heavy (non-hydrogen) atoms. The molecule has 1 aliphatic heterocycles. The Morgan fingerprint density at radius 1 is 1.24 bits per heavy atom. The van der Waals surface area contributed by atoms with Crippen LogP contribution in [0.4, 0.5) is 5.82 Å². The Morgan fingerprint density at radius 3 is 2.60 bits per heavy atom. The molecule has 7 heteroatoms. The summed E-state index contributed by atoms with van der Waals surface area (Å²) >= 11 is 0. The molecular formula is C18H23N5O2. The molecule has 2 aromatic heterocycles. The molecule has 1 N–H and O–H groups in total. The van der Waals surface area contributed by atoms with Gasteiger partial charge < -0.3 is 10.0 Å². The van der Waals surface area contributed by atoms with Gasteiger partial charge in [0.05, 0.1) is 12.2 Å².